The van der Waals surface area contributed by atoms with E-state index in [1.165, 1.54) is 0 Å². The van der Waals surface area contributed by atoms with Crippen LogP contribution in [0.25, 0.3) is 11.8 Å². The Morgan fingerprint density at radius 2 is 1.72 bits per heavy atom. The third-order valence-electron chi connectivity index (χ3n) is 7.17. The smallest absolute Gasteiger partial charge is 0.294 e. The molecule has 2 fully saturated rings. The molecule has 0 aliphatic carbocycles. The van der Waals surface area contributed by atoms with Gasteiger partial charge in [-0.15, -0.1) is 0 Å². The second kappa shape index (κ2) is 10.5. The summed E-state index contributed by atoms with van der Waals surface area (Å²) < 4.78 is 1.90. The van der Waals surface area contributed by atoms with Gasteiger partial charge in [0.2, 0.25) is 0 Å². The summed E-state index contributed by atoms with van der Waals surface area (Å²) in [4.78, 5) is 53.2. The van der Waals surface area contributed by atoms with Gasteiger partial charge in [0.15, 0.2) is 5.78 Å². The first-order valence-electron chi connectivity index (χ1n) is 12.7. The Kier molecular flexibility index (Phi) is 7.14. The Morgan fingerprint density at radius 1 is 1.03 bits per heavy atom. The van der Waals surface area contributed by atoms with Crippen molar-refractivity contribution in [3.63, 3.8) is 0 Å². The number of nitro benzene ring substituents is 1. The molecule has 2 aliphatic rings. The summed E-state index contributed by atoms with van der Waals surface area (Å²) >= 11 is 0.801. The molecule has 10 heteroatoms. The summed E-state index contributed by atoms with van der Waals surface area (Å²) in [6.45, 7) is 6.95. The molecule has 3 aromatic rings. The van der Waals surface area contributed by atoms with Gasteiger partial charge in [-0.25, -0.2) is 0 Å². The number of nitrogens with zero attached hydrogens (tertiary/aromatic N) is 4. The minimum Gasteiger partial charge on any atom is -0.366 e. The Morgan fingerprint density at radius 3 is 2.38 bits per heavy atom. The molecular formula is C29H28N4O5S. The van der Waals surface area contributed by atoms with Crippen LogP contribution in [0.3, 0.4) is 0 Å². The Balaban J connectivity index is 1.41. The first-order chi connectivity index (χ1) is 18.6. The molecule has 0 spiro atoms. The minimum atomic E-state index is -0.513. The molecule has 0 unspecified atom stereocenters. The number of ketones is 1. The van der Waals surface area contributed by atoms with Crippen LogP contribution in [0.1, 0.15) is 45.7 Å². The van der Waals surface area contributed by atoms with Gasteiger partial charge in [0.1, 0.15) is 5.69 Å². The van der Waals surface area contributed by atoms with Crippen LogP contribution in [0.4, 0.5) is 16.2 Å². The molecule has 2 amide bonds. The van der Waals surface area contributed by atoms with E-state index >= 15 is 0 Å². The number of aromatic nitrogens is 1. The van der Waals surface area contributed by atoms with Crippen LogP contribution in [0.2, 0.25) is 0 Å². The summed E-state index contributed by atoms with van der Waals surface area (Å²) in [5.41, 5.74) is 5.10. The molecule has 0 radical (unpaired) electrons. The van der Waals surface area contributed by atoms with E-state index in [0.717, 1.165) is 59.5 Å². The zero-order valence-electron chi connectivity index (χ0n) is 22.0. The van der Waals surface area contributed by atoms with E-state index in [1.807, 2.05) is 54.5 Å². The number of thioether (sulfide) groups is 1. The fourth-order valence-corrected chi connectivity index (χ4v) is 5.93. The molecule has 2 aliphatic heterocycles. The van der Waals surface area contributed by atoms with Gasteiger partial charge in [0.25, 0.3) is 16.8 Å². The summed E-state index contributed by atoms with van der Waals surface area (Å²) in [5, 5.41) is 11.4. The van der Waals surface area contributed by atoms with Crippen molar-refractivity contribution in [2.45, 2.75) is 33.6 Å². The summed E-state index contributed by atoms with van der Waals surface area (Å²) in [5.74, 6) is -0.823. The molecular weight excluding hydrogens is 516 g/mol. The van der Waals surface area contributed by atoms with Crippen LogP contribution in [-0.4, -0.2) is 51.0 Å². The molecule has 0 bridgehead atoms. The molecule has 200 valence electrons. The van der Waals surface area contributed by atoms with Crippen molar-refractivity contribution in [3.05, 3.63) is 91.6 Å². The van der Waals surface area contributed by atoms with Gasteiger partial charge in [-0.1, -0.05) is 29.8 Å². The number of hydrogen-bond donors (Lipinski definition) is 0. The van der Waals surface area contributed by atoms with Crippen LogP contribution < -0.4 is 4.90 Å². The summed E-state index contributed by atoms with van der Waals surface area (Å²) in [7, 11) is 0. The maximum atomic E-state index is 13.1. The van der Waals surface area contributed by atoms with Crippen LogP contribution in [0, 0.1) is 30.9 Å². The van der Waals surface area contributed by atoms with Crippen molar-refractivity contribution in [1.29, 1.82) is 0 Å². The number of carbonyl (C=O) groups is 3. The van der Waals surface area contributed by atoms with Crippen molar-refractivity contribution >= 4 is 46.1 Å². The van der Waals surface area contributed by atoms with Crippen molar-refractivity contribution < 1.29 is 19.3 Å². The minimum absolute atomic E-state index is 0.0582. The molecule has 39 heavy (non-hydrogen) atoms. The third-order valence-corrected chi connectivity index (χ3v) is 8.07. The lowest BCUT2D eigenvalue weighted by atomic mass is 10.1. The first-order valence-corrected chi connectivity index (χ1v) is 13.5. The highest BCUT2D eigenvalue weighted by molar-refractivity contribution is 8.18. The maximum absolute atomic E-state index is 13.1. The quantitative estimate of drug-likeness (QED) is 0.159. The first kappa shape index (κ1) is 26.4. The van der Waals surface area contributed by atoms with E-state index in [9.17, 15) is 24.5 Å². The lowest BCUT2D eigenvalue weighted by Gasteiger charge is -2.19. The molecule has 2 saturated heterocycles. The molecule has 0 saturated carbocycles. The third kappa shape index (κ3) is 5.12. The van der Waals surface area contributed by atoms with Gasteiger partial charge in [-0.05, 0) is 75.2 Å². The molecule has 0 N–H and O–H groups in total. The van der Waals surface area contributed by atoms with Gasteiger partial charge in [-0.2, -0.15) is 0 Å². The van der Waals surface area contributed by atoms with Crippen LogP contribution >= 0.6 is 11.8 Å². The largest absolute Gasteiger partial charge is 0.366 e. The van der Waals surface area contributed by atoms with E-state index < -0.39 is 11.1 Å². The van der Waals surface area contributed by atoms with E-state index in [1.54, 1.807) is 30.3 Å². The average Bonchev–Trinajstić information content (AvgIpc) is 3.60. The number of amides is 2. The second-order valence-electron chi connectivity index (χ2n) is 9.84. The van der Waals surface area contributed by atoms with Gasteiger partial charge < -0.3 is 9.47 Å². The zero-order chi connectivity index (χ0) is 27.8. The van der Waals surface area contributed by atoms with Crippen molar-refractivity contribution in [1.82, 2.24) is 9.47 Å². The number of aryl methyl sites for hydroxylation is 2. The molecule has 3 heterocycles. The summed E-state index contributed by atoms with van der Waals surface area (Å²) in [6, 6.07) is 14.1. The lowest BCUT2D eigenvalue weighted by Crippen LogP contribution is -2.33. The van der Waals surface area contributed by atoms with E-state index in [-0.39, 0.29) is 27.8 Å². The Bertz CT molecular complexity index is 1530. The monoisotopic (exact) mass is 544 g/mol. The van der Waals surface area contributed by atoms with Crippen molar-refractivity contribution in [3.8, 4) is 5.69 Å². The molecule has 0 atom stereocenters. The topological polar surface area (TPSA) is 106 Å². The normalized spacial score (nSPS) is 16.5. The van der Waals surface area contributed by atoms with Crippen LogP contribution in [-0.2, 0) is 4.79 Å². The van der Waals surface area contributed by atoms with Gasteiger partial charge in [0.05, 0.1) is 22.1 Å². The Hall–Kier alpha value is -4.18. The molecule has 5 rings (SSSR count). The number of benzene rings is 2. The van der Waals surface area contributed by atoms with Gasteiger partial charge in [-0.3, -0.25) is 29.4 Å². The molecule has 9 nitrogen and oxygen atoms in total. The van der Waals surface area contributed by atoms with Crippen LogP contribution in [0.5, 0.6) is 0 Å². The number of anilines is 1. The Labute approximate surface area is 230 Å². The molecule has 1 aromatic heterocycles. The van der Waals surface area contributed by atoms with E-state index in [4.69, 9.17) is 0 Å². The van der Waals surface area contributed by atoms with Crippen molar-refractivity contribution in [2.75, 3.05) is 24.5 Å². The standard InChI is InChI=1S/C29H28N4O5S/c1-18-6-8-21(9-7-18)26(34)17-31-28(35)27(39-29(31)36)15-22-14-19(2)32(20(22)3)23-10-11-24(25(16-23)33(37)38)30-12-4-5-13-30/h6-11,14-16H,4-5,12-13,17H2,1-3H3/b27-15-. The second-order valence-corrected chi connectivity index (χ2v) is 10.8. The number of nitro groups is 1. The van der Waals surface area contributed by atoms with Gasteiger partial charge in [0, 0.05) is 36.1 Å². The SMILES string of the molecule is Cc1ccc(C(=O)CN2C(=O)S/C(=C\c3cc(C)n(-c4ccc(N5CCCC5)c([N+](=O)[O-])c4)c3C)C2=O)cc1. The highest BCUT2D eigenvalue weighted by atomic mass is 32.2. The van der Waals surface area contributed by atoms with Crippen LogP contribution in [0.15, 0.2) is 53.4 Å². The predicted octanol–water partition coefficient (Wildman–Crippen LogP) is 5.83. The fraction of sp³-hybridized carbons (Fsp3) is 0.276. The maximum Gasteiger partial charge on any atom is 0.294 e. The summed E-state index contributed by atoms with van der Waals surface area (Å²) in [6.07, 6.45) is 3.68. The van der Waals surface area contributed by atoms with E-state index in [2.05, 4.69) is 0 Å². The highest BCUT2D eigenvalue weighted by Crippen LogP contribution is 2.36. The number of hydrogen-bond acceptors (Lipinski definition) is 7. The lowest BCUT2D eigenvalue weighted by molar-refractivity contribution is -0.384. The zero-order valence-corrected chi connectivity index (χ0v) is 22.8. The number of rotatable bonds is 7. The highest BCUT2D eigenvalue weighted by Gasteiger charge is 2.36. The number of imide groups is 1. The number of Topliss-reactive ketones (excluding diaryl/α,β-unsaturated/α-hetero) is 1. The number of carbonyl (C=O) groups excluding carboxylic acids is 3. The fourth-order valence-electron chi connectivity index (χ4n) is 5.11. The van der Waals surface area contributed by atoms with E-state index in [0.29, 0.717) is 22.5 Å². The van der Waals surface area contributed by atoms with Crippen molar-refractivity contribution in [2.24, 2.45) is 0 Å². The van der Waals surface area contributed by atoms with Gasteiger partial charge >= 0.3 is 0 Å². The predicted molar refractivity (Wildman–Crippen MR) is 152 cm³/mol. The molecule has 2 aromatic carbocycles. The average molecular weight is 545 g/mol.